The minimum atomic E-state index is -0.428. The zero-order chi connectivity index (χ0) is 28.3. The van der Waals surface area contributed by atoms with Gasteiger partial charge >= 0.3 is 0 Å². The van der Waals surface area contributed by atoms with Gasteiger partial charge in [0.15, 0.2) is 12.1 Å². The molecule has 3 aromatic rings. The SMILES string of the molecule is C/C=C\C/C(NC1Nc2cnc(Nc3ccc(N4CCOCC4)cc3)nc2N1c1ccccc1)=C(/F)CC.CC. The highest BCUT2D eigenvalue weighted by Crippen LogP contribution is 2.38. The van der Waals surface area contributed by atoms with E-state index in [2.05, 4.69) is 38.0 Å². The van der Waals surface area contributed by atoms with Crippen molar-refractivity contribution in [2.24, 2.45) is 0 Å². The lowest BCUT2D eigenvalue weighted by Gasteiger charge is -2.29. The number of halogens is 1. The predicted molar refractivity (Wildman–Crippen MR) is 163 cm³/mol. The first kappa shape index (κ1) is 28.9. The van der Waals surface area contributed by atoms with Crippen molar-refractivity contribution in [3.05, 3.63) is 84.5 Å². The molecule has 1 fully saturated rings. The van der Waals surface area contributed by atoms with Crippen molar-refractivity contribution < 1.29 is 9.13 Å². The first-order valence-electron chi connectivity index (χ1n) is 14.1. The van der Waals surface area contributed by atoms with Crippen molar-refractivity contribution in [1.82, 2.24) is 15.3 Å². The van der Waals surface area contributed by atoms with E-state index in [0.717, 1.165) is 43.4 Å². The maximum atomic E-state index is 14.8. The van der Waals surface area contributed by atoms with Crippen LogP contribution < -0.4 is 25.8 Å². The van der Waals surface area contributed by atoms with Crippen molar-refractivity contribution in [3.63, 3.8) is 0 Å². The van der Waals surface area contributed by atoms with Crippen LogP contribution in [-0.4, -0.2) is 42.6 Å². The minimum absolute atomic E-state index is 0.164. The fourth-order valence-electron chi connectivity index (χ4n) is 4.58. The van der Waals surface area contributed by atoms with Gasteiger partial charge in [-0.25, -0.2) is 9.37 Å². The predicted octanol–water partition coefficient (Wildman–Crippen LogP) is 7.08. The second-order valence-electron chi connectivity index (χ2n) is 9.11. The molecular weight excluding hydrogens is 505 g/mol. The van der Waals surface area contributed by atoms with Crippen LogP contribution in [0, 0.1) is 0 Å². The van der Waals surface area contributed by atoms with E-state index in [0.29, 0.717) is 30.3 Å². The summed E-state index contributed by atoms with van der Waals surface area (Å²) >= 11 is 0. The Balaban J connectivity index is 0.00000181. The van der Waals surface area contributed by atoms with E-state index in [1.165, 1.54) is 5.69 Å². The number of aromatic nitrogens is 2. The van der Waals surface area contributed by atoms with Crippen LogP contribution in [0.1, 0.15) is 40.5 Å². The van der Waals surface area contributed by atoms with Crippen molar-refractivity contribution in [3.8, 4) is 0 Å². The molecule has 9 heteroatoms. The number of fused-ring (bicyclic) bond motifs is 1. The van der Waals surface area contributed by atoms with E-state index in [-0.39, 0.29) is 5.83 Å². The standard InChI is InChI=1S/C29H34FN7O.C2H6/c1-3-5-11-25(24(30)4-2)33-29-34-26-20-31-28(35-27(26)37(29)23-9-7-6-8-10-23)32-21-12-14-22(15-13-21)36-16-18-38-19-17-36;1-2/h3,5-10,12-15,20,29,33-34H,4,11,16-19H2,1-2H3,(H,31,32,35);1-2H3/b5-3-,25-24-;. The summed E-state index contributed by atoms with van der Waals surface area (Å²) in [6.45, 7) is 11.0. The number of hydrogen-bond acceptors (Lipinski definition) is 8. The Kier molecular flexibility index (Phi) is 10.3. The van der Waals surface area contributed by atoms with Gasteiger partial charge in [-0.3, -0.25) is 4.90 Å². The van der Waals surface area contributed by atoms with Crippen LogP contribution in [0.4, 0.5) is 38.9 Å². The maximum Gasteiger partial charge on any atom is 0.229 e. The molecule has 0 spiro atoms. The van der Waals surface area contributed by atoms with Crippen molar-refractivity contribution in [2.45, 2.75) is 46.8 Å². The molecule has 2 aromatic carbocycles. The largest absolute Gasteiger partial charge is 0.378 e. The number of hydrogen-bond donors (Lipinski definition) is 3. The van der Waals surface area contributed by atoms with Gasteiger partial charge in [0.05, 0.1) is 25.1 Å². The Morgan fingerprint density at radius 1 is 1.07 bits per heavy atom. The molecule has 40 heavy (non-hydrogen) atoms. The van der Waals surface area contributed by atoms with Gasteiger partial charge in [-0.1, -0.05) is 51.1 Å². The summed E-state index contributed by atoms with van der Waals surface area (Å²) in [4.78, 5) is 13.7. The molecule has 1 atom stereocenters. The third-order valence-corrected chi connectivity index (χ3v) is 6.59. The van der Waals surface area contributed by atoms with E-state index in [1.54, 1.807) is 6.20 Å². The molecule has 0 aliphatic carbocycles. The Bertz CT molecular complexity index is 1270. The number of benzene rings is 2. The summed E-state index contributed by atoms with van der Waals surface area (Å²) in [7, 11) is 0. The molecule has 212 valence electrons. The summed E-state index contributed by atoms with van der Waals surface area (Å²) in [6, 6.07) is 18.2. The lowest BCUT2D eigenvalue weighted by atomic mass is 10.2. The van der Waals surface area contributed by atoms with Crippen LogP contribution in [0.15, 0.2) is 84.5 Å². The molecule has 0 radical (unpaired) electrons. The van der Waals surface area contributed by atoms with Gasteiger partial charge in [0.1, 0.15) is 5.83 Å². The molecular formula is C31H40FN7O. The van der Waals surface area contributed by atoms with Gasteiger partial charge in [0, 0.05) is 42.3 Å². The highest BCUT2D eigenvalue weighted by Gasteiger charge is 2.33. The Morgan fingerprint density at radius 2 is 1.80 bits per heavy atom. The second kappa shape index (κ2) is 14.3. The Labute approximate surface area is 237 Å². The van der Waals surface area contributed by atoms with Crippen molar-refractivity contribution in [2.75, 3.05) is 46.7 Å². The summed E-state index contributed by atoms with van der Waals surface area (Å²) in [5.74, 6) is 1.02. The third kappa shape index (κ3) is 6.90. The highest BCUT2D eigenvalue weighted by molar-refractivity contribution is 5.80. The molecule has 0 bridgehead atoms. The monoisotopic (exact) mass is 545 g/mol. The number of para-hydroxylation sites is 1. The topological polar surface area (TPSA) is 77.6 Å². The number of morpholine rings is 1. The highest BCUT2D eigenvalue weighted by atomic mass is 19.1. The van der Waals surface area contributed by atoms with E-state index in [1.807, 2.05) is 87.2 Å². The fourth-order valence-corrected chi connectivity index (χ4v) is 4.58. The van der Waals surface area contributed by atoms with E-state index in [4.69, 9.17) is 9.72 Å². The average Bonchev–Trinajstić information content (AvgIpc) is 3.38. The van der Waals surface area contributed by atoms with E-state index < -0.39 is 6.29 Å². The van der Waals surface area contributed by atoms with Crippen molar-refractivity contribution >= 4 is 34.5 Å². The molecule has 3 N–H and O–H groups in total. The quantitative estimate of drug-likeness (QED) is 0.246. The zero-order valence-electron chi connectivity index (χ0n) is 23.8. The molecule has 1 saturated heterocycles. The number of nitrogens with zero attached hydrogens (tertiary/aromatic N) is 4. The number of allylic oxidation sites excluding steroid dienone is 3. The van der Waals surface area contributed by atoms with Crippen molar-refractivity contribution in [1.29, 1.82) is 0 Å². The van der Waals surface area contributed by atoms with Crippen LogP contribution >= 0.6 is 0 Å². The van der Waals surface area contributed by atoms with Crippen LogP contribution in [-0.2, 0) is 4.74 Å². The smallest absolute Gasteiger partial charge is 0.229 e. The Morgan fingerprint density at radius 3 is 2.48 bits per heavy atom. The first-order chi connectivity index (χ1) is 19.7. The maximum absolute atomic E-state index is 14.8. The summed E-state index contributed by atoms with van der Waals surface area (Å²) < 4.78 is 20.2. The van der Waals surface area contributed by atoms with Gasteiger partial charge < -0.3 is 25.6 Å². The third-order valence-electron chi connectivity index (χ3n) is 6.59. The lowest BCUT2D eigenvalue weighted by Crippen LogP contribution is -2.44. The zero-order valence-corrected chi connectivity index (χ0v) is 23.8. The normalized spacial score (nSPS) is 17.0. The van der Waals surface area contributed by atoms with Crippen LogP contribution in [0.3, 0.4) is 0 Å². The van der Waals surface area contributed by atoms with Gasteiger partial charge in [-0.2, -0.15) is 4.98 Å². The summed E-state index contributed by atoms with van der Waals surface area (Å²) in [5.41, 5.74) is 4.31. The lowest BCUT2D eigenvalue weighted by molar-refractivity contribution is 0.122. The fraction of sp³-hybridized carbons (Fsp3) is 0.355. The molecule has 1 unspecified atom stereocenters. The van der Waals surface area contributed by atoms with Gasteiger partial charge in [0.25, 0.3) is 0 Å². The molecule has 8 nitrogen and oxygen atoms in total. The molecule has 5 rings (SSSR count). The van der Waals surface area contributed by atoms with E-state index >= 15 is 0 Å². The van der Waals surface area contributed by atoms with Gasteiger partial charge in [-0.05, 0) is 49.7 Å². The molecule has 2 aliphatic rings. The van der Waals surface area contributed by atoms with Crippen LogP contribution in [0.5, 0.6) is 0 Å². The first-order valence-corrected chi connectivity index (χ1v) is 14.1. The Hall–Kier alpha value is -4.11. The molecule has 0 amide bonds. The average molecular weight is 546 g/mol. The summed E-state index contributed by atoms with van der Waals surface area (Å²) in [5, 5.41) is 10.1. The summed E-state index contributed by atoms with van der Waals surface area (Å²) in [6.07, 6.45) is 6.00. The molecule has 3 heterocycles. The second-order valence-corrected chi connectivity index (χ2v) is 9.11. The number of rotatable bonds is 9. The van der Waals surface area contributed by atoms with Gasteiger partial charge in [0.2, 0.25) is 5.95 Å². The minimum Gasteiger partial charge on any atom is -0.378 e. The number of ether oxygens (including phenoxy) is 1. The number of nitrogens with one attached hydrogen (secondary N) is 3. The van der Waals surface area contributed by atoms with Crippen LogP contribution in [0.2, 0.25) is 0 Å². The number of anilines is 6. The van der Waals surface area contributed by atoms with Gasteiger partial charge in [-0.15, -0.1) is 0 Å². The molecule has 2 aliphatic heterocycles. The van der Waals surface area contributed by atoms with Crippen LogP contribution in [0.25, 0.3) is 0 Å². The molecule has 0 saturated carbocycles. The molecule has 1 aromatic heterocycles. The van der Waals surface area contributed by atoms with E-state index in [9.17, 15) is 4.39 Å².